The van der Waals surface area contributed by atoms with E-state index in [0.29, 0.717) is 5.56 Å². The summed E-state index contributed by atoms with van der Waals surface area (Å²) in [6.45, 7) is 4.88. The van der Waals surface area contributed by atoms with Crippen molar-refractivity contribution in [3.8, 4) is 0 Å². The number of aromatic amines is 1. The molecule has 0 saturated carbocycles. The summed E-state index contributed by atoms with van der Waals surface area (Å²) in [7, 11) is -3.95. The van der Waals surface area contributed by atoms with Crippen molar-refractivity contribution in [3.63, 3.8) is 0 Å². The second kappa shape index (κ2) is 5.17. The monoisotopic (exact) mass is 310 g/mol. The molecule has 1 aromatic heterocycles. The first-order valence-corrected chi connectivity index (χ1v) is 7.50. The molecule has 0 fully saturated rings. The Morgan fingerprint density at radius 2 is 1.90 bits per heavy atom. The van der Waals surface area contributed by atoms with Crippen LogP contribution in [0.5, 0.6) is 0 Å². The highest BCUT2D eigenvalue weighted by molar-refractivity contribution is 7.92. The fraction of sp³-hybridized carbons (Fsp3) is 0.250. The highest BCUT2D eigenvalue weighted by Gasteiger charge is 2.24. The molecule has 0 spiro atoms. The molecule has 0 aliphatic rings. The lowest BCUT2D eigenvalue weighted by atomic mass is 10.2. The van der Waals surface area contributed by atoms with E-state index < -0.39 is 14.9 Å². The number of sulfonamides is 1. The first-order chi connectivity index (χ1) is 9.74. The van der Waals surface area contributed by atoms with E-state index in [9.17, 15) is 18.5 Å². The minimum Gasteiger partial charge on any atom is -0.280 e. The van der Waals surface area contributed by atoms with Gasteiger partial charge >= 0.3 is 0 Å². The summed E-state index contributed by atoms with van der Waals surface area (Å²) in [5.74, 6) is 0.179. The standard InChI is InChI=1S/C12H14N4O4S/c1-7-9(3)13-14-12(7)15-21(19,20)11-6-4-5-10(8(11)2)16(17)18/h4-6H,1-3H3,(H2,13,14,15). The fourth-order valence-corrected chi connectivity index (χ4v) is 3.19. The van der Waals surface area contributed by atoms with Gasteiger partial charge in [-0.2, -0.15) is 5.10 Å². The Balaban J connectivity index is 2.48. The van der Waals surface area contributed by atoms with Gasteiger partial charge < -0.3 is 0 Å². The molecule has 0 aliphatic heterocycles. The number of rotatable bonds is 4. The second-order valence-corrected chi connectivity index (χ2v) is 6.24. The lowest BCUT2D eigenvalue weighted by Gasteiger charge is -2.09. The highest BCUT2D eigenvalue weighted by atomic mass is 32.2. The minimum absolute atomic E-state index is 0.0833. The van der Waals surface area contributed by atoms with Gasteiger partial charge in [0.25, 0.3) is 15.7 Å². The van der Waals surface area contributed by atoms with E-state index in [1.807, 2.05) is 0 Å². The van der Waals surface area contributed by atoms with Crippen molar-refractivity contribution in [3.05, 3.63) is 45.1 Å². The van der Waals surface area contributed by atoms with Crippen LogP contribution in [-0.2, 0) is 10.0 Å². The smallest absolute Gasteiger partial charge is 0.273 e. The molecule has 21 heavy (non-hydrogen) atoms. The summed E-state index contributed by atoms with van der Waals surface area (Å²) < 4.78 is 27.1. The molecular formula is C12H14N4O4S. The number of aryl methyl sites for hydroxylation is 1. The van der Waals surface area contributed by atoms with E-state index in [1.165, 1.54) is 25.1 Å². The van der Waals surface area contributed by atoms with Gasteiger partial charge in [-0.15, -0.1) is 0 Å². The van der Waals surface area contributed by atoms with E-state index in [1.54, 1.807) is 13.8 Å². The Morgan fingerprint density at radius 1 is 1.24 bits per heavy atom. The van der Waals surface area contributed by atoms with Crippen LogP contribution in [0.2, 0.25) is 0 Å². The minimum atomic E-state index is -3.95. The maximum atomic E-state index is 12.4. The summed E-state index contributed by atoms with van der Waals surface area (Å²) in [6.07, 6.45) is 0. The number of anilines is 1. The normalized spacial score (nSPS) is 11.4. The molecular weight excluding hydrogens is 296 g/mol. The largest absolute Gasteiger partial charge is 0.280 e. The molecule has 1 aromatic carbocycles. The number of nitrogens with zero attached hydrogens (tertiary/aromatic N) is 2. The zero-order valence-electron chi connectivity index (χ0n) is 11.7. The average Bonchev–Trinajstić information content (AvgIpc) is 2.70. The molecule has 2 rings (SSSR count). The van der Waals surface area contributed by atoms with Crippen LogP contribution in [0, 0.1) is 30.9 Å². The van der Waals surface area contributed by atoms with Crippen molar-refractivity contribution in [1.29, 1.82) is 0 Å². The second-order valence-electron chi connectivity index (χ2n) is 4.59. The van der Waals surface area contributed by atoms with Crippen molar-refractivity contribution >= 4 is 21.5 Å². The van der Waals surface area contributed by atoms with Crippen LogP contribution >= 0.6 is 0 Å². The molecule has 0 atom stereocenters. The molecule has 1 heterocycles. The summed E-state index contributed by atoms with van der Waals surface area (Å²) in [5, 5.41) is 17.4. The van der Waals surface area contributed by atoms with Crippen LogP contribution in [-0.4, -0.2) is 23.5 Å². The summed E-state index contributed by atoms with van der Waals surface area (Å²) in [5.41, 5.74) is 1.25. The van der Waals surface area contributed by atoms with Crippen molar-refractivity contribution in [2.75, 3.05) is 4.72 Å². The molecule has 0 bridgehead atoms. The van der Waals surface area contributed by atoms with Crippen LogP contribution in [0.1, 0.15) is 16.8 Å². The van der Waals surface area contributed by atoms with E-state index in [2.05, 4.69) is 14.9 Å². The van der Waals surface area contributed by atoms with Crippen molar-refractivity contribution in [1.82, 2.24) is 10.2 Å². The van der Waals surface area contributed by atoms with Crippen LogP contribution < -0.4 is 4.72 Å². The number of hydrogen-bond acceptors (Lipinski definition) is 5. The van der Waals surface area contributed by atoms with Gasteiger partial charge in [-0.3, -0.25) is 19.9 Å². The van der Waals surface area contributed by atoms with Gasteiger partial charge in [0.15, 0.2) is 5.82 Å². The Bertz CT molecular complexity index is 811. The van der Waals surface area contributed by atoms with Crippen LogP contribution in [0.25, 0.3) is 0 Å². The maximum Gasteiger partial charge on any atom is 0.273 e. The third-order valence-electron chi connectivity index (χ3n) is 3.23. The number of aromatic nitrogens is 2. The van der Waals surface area contributed by atoms with E-state index in [0.717, 1.165) is 5.69 Å². The Hall–Kier alpha value is -2.42. The molecule has 112 valence electrons. The van der Waals surface area contributed by atoms with Gasteiger partial charge in [-0.05, 0) is 26.8 Å². The molecule has 2 N–H and O–H groups in total. The number of nitro benzene ring substituents is 1. The lowest BCUT2D eigenvalue weighted by molar-refractivity contribution is -0.385. The van der Waals surface area contributed by atoms with Gasteiger partial charge in [0.2, 0.25) is 0 Å². The highest BCUT2D eigenvalue weighted by Crippen LogP contribution is 2.26. The molecule has 0 aliphatic carbocycles. The van der Waals surface area contributed by atoms with Crippen LogP contribution in [0.4, 0.5) is 11.5 Å². The Morgan fingerprint density at radius 3 is 2.43 bits per heavy atom. The van der Waals surface area contributed by atoms with Crippen molar-refractivity contribution in [2.45, 2.75) is 25.7 Å². The topological polar surface area (TPSA) is 118 Å². The van der Waals surface area contributed by atoms with Gasteiger partial charge in [-0.1, -0.05) is 6.07 Å². The summed E-state index contributed by atoms with van der Waals surface area (Å²) in [6, 6.07) is 3.92. The predicted octanol–water partition coefficient (Wildman–Crippen LogP) is 2.04. The quantitative estimate of drug-likeness (QED) is 0.661. The van der Waals surface area contributed by atoms with Crippen molar-refractivity contribution in [2.24, 2.45) is 0 Å². The maximum absolute atomic E-state index is 12.4. The first-order valence-electron chi connectivity index (χ1n) is 6.02. The summed E-state index contributed by atoms with van der Waals surface area (Å²) in [4.78, 5) is 10.1. The molecule has 8 nitrogen and oxygen atoms in total. The summed E-state index contributed by atoms with van der Waals surface area (Å²) >= 11 is 0. The molecule has 0 amide bonds. The van der Waals surface area contributed by atoms with Gasteiger partial charge in [-0.25, -0.2) is 8.42 Å². The van der Waals surface area contributed by atoms with Gasteiger partial charge in [0, 0.05) is 22.9 Å². The van der Waals surface area contributed by atoms with E-state index in [-0.39, 0.29) is 22.0 Å². The van der Waals surface area contributed by atoms with Gasteiger partial charge in [0.1, 0.15) is 0 Å². The van der Waals surface area contributed by atoms with E-state index in [4.69, 9.17) is 0 Å². The Labute approximate surface area is 121 Å². The number of nitrogens with one attached hydrogen (secondary N) is 2. The predicted molar refractivity (Wildman–Crippen MR) is 76.7 cm³/mol. The van der Waals surface area contributed by atoms with E-state index >= 15 is 0 Å². The molecule has 0 radical (unpaired) electrons. The van der Waals surface area contributed by atoms with Crippen molar-refractivity contribution < 1.29 is 13.3 Å². The lowest BCUT2D eigenvalue weighted by Crippen LogP contribution is -2.15. The molecule has 0 unspecified atom stereocenters. The number of hydrogen-bond donors (Lipinski definition) is 2. The molecule has 0 saturated heterocycles. The average molecular weight is 310 g/mol. The third kappa shape index (κ3) is 2.72. The number of benzene rings is 1. The first kappa shape index (κ1) is 15.0. The number of H-pyrrole nitrogens is 1. The number of nitro groups is 1. The van der Waals surface area contributed by atoms with Crippen LogP contribution in [0.3, 0.4) is 0 Å². The Kier molecular flexibility index (Phi) is 3.69. The molecule has 2 aromatic rings. The van der Waals surface area contributed by atoms with Crippen LogP contribution in [0.15, 0.2) is 23.1 Å². The zero-order valence-corrected chi connectivity index (χ0v) is 12.5. The SMILES string of the molecule is Cc1[nH]nc(NS(=O)(=O)c2cccc([N+](=O)[O-])c2C)c1C. The fourth-order valence-electron chi connectivity index (χ4n) is 1.86. The zero-order chi connectivity index (χ0) is 15.8. The molecule has 9 heteroatoms. The third-order valence-corrected chi connectivity index (χ3v) is 4.71. The van der Waals surface area contributed by atoms with Gasteiger partial charge in [0.05, 0.1) is 9.82 Å².